The van der Waals surface area contributed by atoms with Crippen LogP contribution in [-0.4, -0.2) is 25.2 Å². The van der Waals surface area contributed by atoms with E-state index in [0.29, 0.717) is 5.41 Å². The monoisotopic (exact) mass is 220 g/mol. The lowest BCUT2D eigenvalue weighted by molar-refractivity contribution is 0.193. The van der Waals surface area contributed by atoms with Crippen molar-refractivity contribution in [3.63, 3.8) is 0 Å². The summed E-state index contributed by atoms with van der Waals surface area (Å²) in [5.74, 6) is 0.987. The van der Waals surface area contributed by atoms with Crippen molar-refractivity contribution in [3.05, 3.63) is 23.0 Å². The van der Waals surface area contributed by atoms with Crippen LogP contribution in [0.3, 0.4) is 0 Å². The fourth-order valence-corrected chi connectivity index (χ4v) is 2.33. The predicted molar refractivity (Wildman–Crippen MR) is 64.9 cm³/mol. The standard InChI is InChI=1S/C13H20N2O/c1-9-6-15-11(10(2)12(9)16-4)5-13(3)7-14-8-13/h6,14H,5,7-8H2,1-4H3. The minimum atomic E-state index is 0.373. The number of pyridine rings is 1. The van der Waals surface area contributed by atoms with E-state index in [4.69, 9.17) is 4.74 Å². The van der Waals surface area contributed by atoms with Gasteiger partial charge in [-0.3, -0.25) is 4.98 Å². The average molecular weight is 220 g/mol. The Labute approximate surface area is 97.2 Å². The molecule has 1 saturated heterocycles. The zero-order chi connectivity index (χ0) is 11.8. The molecule has 0 aliphatic carbocycles. The van der Waals surface area contributed by atoms with Crippen LogP contribution in [0.5, 0.6) is 5.75 Å². The van der Waals surface area contributed by atoms with Crippen molar-refractivity contribution in [2.24, 2.45) is 5.41 Å². The molecule has 0 aromatic carbocycles. The molecular weight excluding hydrogens is 200 g/mol. The summed E-state index contributed by atoms with van der Waals surface area (Å²) in [6.45, 7) is 8.62. The third-order valence-electron chi connectivity index (χ3n) is 3.45. The molecule has 2 rings (SSSR count). The Morgan fingerprint density at radius 1 is 1.44 bits per heavy atom. The first-order valence-corrected chi connectivity index (χ1v) is 5.75. The zero-order valence-corrected chi connectivity index (χ0v) is 10.6. The molecule has 1 aliphatic heterocycles. The number of hydrogen-bond acceptors (Lipinski definition) is 3. The second-order valence-corrected chi connectivity index (χ2v) is 5.14. The number of nitrogens with one attached hydrogen (secondary N) is 1. The number of ether oxygens (including phenoxy) is 1. The van der Waals surface area contributed by atoms with Gasteiger partial charge in [-0.25, -0.2) is 0 Å². The van der Waals surface area contributed by atoms with E-state index in [9.17, 15) is 0 Å². The molecule has 0 saturated carbocycles. The van der Waals surface area contributed by atoms with Gasteiger partial charge in [-0.2, -0.15) is 0 Å². The molecule has 0 spiro atoms. The van der Waals surface area contributed by atoms with E-state index in [1.165, 1.54) is 11.3 Å². The first-order valence-electron chi connectivity index (χ1n) is 5.75. The van der Waals surface area contributed by atoms with Crippen LogP contribution in [0.2, 0.25) is 0 Å². The normalized spacial score (nSPS) is 18.0. The number of aromatic nitrogens is 1. The van der Waals surface area contributed by atoms with Gasteiger partial charge in [0, 0.05) is 36.1 Å². The van der Waals surface area contributed by atoms with E-state index < -0.39 is 0 Å². The lowest BCUT2D eigenvalue weighted by Crippen LogP contribution is -2.52. The highest BCUT2D eigenvalue weighted by molar-refractivity contribution is 5.41. The molecule has 0 amide bonds. The minimum Gasteiger partial charge on any atom is -0.496 e. The SMILES string of the molecule is COc1c(C)cnc(CC2(C)CNC2)c1C. The maximum absolute atomic E-state index is 5.43. The third-order valence-corrected chi connectivity index (χ3v) is 3.45. The minimum absolute atomic E-state index is 0.373. The van der Waals surface area contributed by atoms with Gasteiger partial charge < -0.3 is 10.1 Å². The molecule has 3 nitrogen and oxygen atoms in total. The Kier molecular flexibility index (Phi) is 2.89. The molecule has 1 fully saturated rings. The molecule has 16 heavy (non-hydrogen) atoms. The number of aryl methyl sites for hydroxylation is 1. The second-order valence-electron chi connectivity index (χ2n) is 5.14. The van der Waals surface area contributed by atoms with Gasteiger partial charge in [0.05, 0.1) is 7.11 Å². The van der Waals surface area contributed by atoms with Crippen LogP contribution in [0, 0.1) is 19.3 Å². The van der Waals surface area contributed by atoms with E-state index in [2.05, 4.69) is 24.1 Å². The van der Waals surface area contributed by atoms with Crippen LogP contribution in [0.15, 0.2) is 6.20 Å². The summed E-state index contributed by atoms with van der Waals surface area (Å²) in [7, 11) is 1.73. The van der Waals surface area contributed by atoms with E-state index in [-0.39, 0.29) is 0 Å². The van der Waals surface area contributed by atoms with Crippen LogP contribution in [-0.2, 0) is 6.42 Å². The van der Waals surface area contributed by atoms with Crippen LogP contribution in [0.4, 0.5) is 0 Å². The Hall–Kier alpha value is -1.09. The molecule has 88 valence electrons. The van der Waals surface area contributed by atoms with Crippen LogP contribution in [0.25, 0.3) is 0 Å². The van der Waals surface area contributed by atoms with Gasteiger partial charge >= 0.3 is 0 Å². The van der Waals surface area contributed by atoms with Gasteiger partial charge in [-0.15, -0.1) is 0 Å². The van der Waals surface area contributed by atoms with Crippen molar-refractivity contribution in [3.8, 4) is 5.75 Å². The lowest BCUT2D eigenvalue weighted by Gasteiger charge is -2.39. The van der Waals surface area contributed by atoms with Crippen LogP contribution < -0.4 is 10.1 Å². The molecular formula is C13H20N2O. The smallest absolute Gasteiger partial charge is 0.128 e. The summed E-state index contributed by atoms with van der Waals surface area (Å²) in [5.41, 5.74) is 3.85. The van der Waals surface area contributed by atoms with Gasteiger partial charge in [-0.1, -0.05) is 6.92 Å². The molecule has 0 bridgehead atoms. The third kappa shape index (κ3) is 1.92. The van der Waals surface area contributed by atoms with Crippen LogP contribution >= 0.6 is 0 Å². The predicted octanol–water partition coefficient (Wildman–Crippen LogP) is 1.86. The topological polar surface area (TPSA) is 34.1 Å². The van der Waals surface area contributed by atoms with Gasteiger partial charge in [0.1, 0.15) is 5.75 Å². The summed E-state index contributed by atoms with van der Waals surface area (Å²) < 4.78 is 5.43. The molecule has 3 heteroatoms. The van der Waals surface area contributed by atoms with Crippen molar-refractivity contribution in [1.29, 1.82) is 0 Å². The van der Waals surface area contributed by atoms with Crippen molar-refractivity contribution < 1.29 is 4.74 Å². The second kappa shape index (κ2) is 4.06. The first-order chi connectivity index (χ1) is 7.56. The highest BCUT2D eigenvalue weighted by Gasteiger charge is 2.32. The van der Waals surface area contributed by atoms with Gasteiger partial charge in [0.2, 0.25) is 0 Å². The molecule has 1 aliphatic rings. The largest absolute Gasteiger partial charge is 0.496 e. The van der Waals surface area contributed by atoms with E-state index in [0.717, 1.165) is 30.8 Å². The molecule has 1 aromatic heterocycles. The lowest BCUT2D eigenvalue weighted by atomic mass is 9.79. The summed E-state index contributed by atoms with van der Waals surface area (Å²) in [5, 5.41) is 3.32. The zero-order valence-electron chi connectivity index (χ0n) is 10.6. The summed E-state index contributed by atoms with van der Waals surface area (Å²) in [4.78, 5) is 4.55. The Balaban J connectivity index is 2.27. The van der Waals surface area contributed by atoms with Gasteiger partial charge in [0.25, 0.3) is 0 Å². The number of rotatable bonds is 3. The van der Waals surface area contributed by atoms with Crippen molar-refractivity contribution in [1.82, 2.24) is 10.3 Å². The Morgan fingerprint density at radius 2 is 2.12 bits per heavy atom. The fourth-order valence-electron chi connectivity index (χ4n) is 2.33. The summed E-state index contributed by atoms with van der Waals surface area (Å²) >= 11 is 0. The average Bonchev–Trinajstić information content (AvgIpc) is 2.21. The maximum atomic E-state index is 5.43. The molecule has 1 N–H and O–H groups in total. The maximum Gasteiger partial charge on any atom is 0.128 e. The van der Waals surface area contributed by atoms with Crippen molar-refractivity contribution >= 4 is 0 Å². The summed E-state index contributed by atoms with van der Waals surface area (Å²) in [6.07, 6.45) is 2.94. The molecule has 2 heterocycles. The van der Waals surface area contributed by atoms with Gasteiger partial charge in [-0.05, 0) is 25.7 Å². The quantitative estimate of drug-likeness (QED) is 0.844. The number of nitrogens with zero attached hydrogens (tertiary/aromatic N) is 1. The molecule has 0 atom stereocenters. The number of hydrogen-bond donors (Lipinski definition) is 1. The van der Waals surface area contributed by atoms with Crippen molar-refractivity contribution in [2.45, 2.75) is 27.2 Å². The molecule has 1 aromatic rings. The van der Waals surface area contributed by atoms with E-state index in [1.54, 1.807) is 7.11 Å². The first kappa shape index (κ1) is 11.4. The summed E-state index contributed by atoms with van der Waals surface area (Å²) in [6, 6.07) is 0. The van der Waals surface area contributed by atoms with Crippen molar-refractivity contribution in [2.75, 3.05) is 20.2 Å². The fraction of sp³-hybridized carbons (Fsp3) is 0.615. The number of methoxy groups -OCH3 is 1. The molecule has 0 unspecified atom stereocenters. The molecule has 0 radical (unpaired) electrons. The van der Waals surface area contributed by atoms with Gasteiger partial charge in [0.15, 0.2) is 0 Å². The Bertz CT molecular complexity index is 397. The van der Waals surface area contributed by atoms with E-state index >= 15 is 0 Å². The highest BCUT2D eigenvalue weighted by Crippen LogP contribution is 2.31. The Morgan fingerprint density at radius 3 is 2.62 bits per heavy atom. The van der Waals surface area contributed by atoms with Crippen LogP contribution in [0.1, 0.15) is 23.7 Å². The van der Waals surface area contributed by atoms with E-state index in [1.807, 2.05) is 13.1 Å². The highest BCUT2D eigenvalue weighted by atomic mass is 16.5.